The summed E-state index contributed by atoms with van der Waals surface area (Å²) in [5, 5.41) is 10.0. The van der Waals surface area contributed by atoms with Gasteiger partial charge in [0.25, 0.3) is 5.91 Å². The number of amides is 1. The molecule has 0 spiro atoms. The van der Waals surface area contributed by atoms with Crippen LogP contribution in [0.1, 0.15) is 24.2 Å². The van der Waals surface area contributed by atoms with E-state index >= 15 is 0 Å². The van der Waals surface area contributed by atoms with E-state index < -0.39 is 23.1 Å². The number of aliphatic hydroxyl groups is 1. The number of carbonyl (C=O) groups excluding carboxylic acids is 1. The normalized spacial score (nSPS) is 17.8. The van der Waals surface area contributed by atoms with E-state index in [0.29, 0.717) is 0 Å². The van der Waals surface area contributed by atoms with Crippen LogP contribution in [0.15, 0.2) is 18.2 Å². The van der Waals surface area contributed by atoms with Gasteiger partial charge in [0, 0.05) is 0 Å². The van der Waals surface area contributed by atoms with E-state index in [-0.39, 0.29) is 24.6 Å². The van der Waals surface area contributed by atoms with Gasteiger partial charge in [-0.3, -0.25) is 4.79 Å². The molecular weight excluding hydrogens is 240 g/mol. The summed E-state index contributed by atoms with van der Waals surface area (Å²) in [4.78, 5) is 13.2. The quantitative estimate of drug-likeness (QED) is 0.875. The highest BCUT2D eigenvalue weighted by atomic mass is 19.1. The van der Waals surface area contributed by atoms with Crippen LogP contribution >= 0.6 is 0 Å². The van der Waals surface area contributed by atoms with E-state index in [1.807, 2.05) is 13.8 Å². The second-order valence-electron chi connectivity index (χ2n) is 5.04. The summed E-state index contributed by atoms with van der Waals surface area (Å²) in [5.41, 5.74) is -1.21. The Bertz CT molecular complexity index is 482. The van der Waals surface area contributed by atoms with E-state index in [9.17, 15) is 18.7 Å². The number of nitrogens with zero attached hydrogens (tertiary/aromatic N) is 1. The summed E-state index contributed by atoms with van der Waals surface area (Å²) in [6, 6.07) is 2.77. The molecule has 0 saturated carbocycles. The van der Waals surface area contributed by atoms with Crippen LogP contribution in [-0.2, 0) is 0 Å². The van der Waals surface area contributed by atoms with Crippen LogP contribution in [-0.4, -0.2) is 34.6 Å². The Morgan fingerprint density at radius 3 is 2.56 bits per heavy atom. The average molecular weight is 255 g/mol. The van der Waals surface area contributed by atoms with Gasteiger partial charge >= 0.3 is 0 Å². The molecule has 1 amide bonds. The topological polar surface area (TPSA) is 40.5 Å². The van der Waals surface area contributed by atoms with Gasteiger partial charge in [-0.1, -0.05) is 13.8 Å². The van der Waals surface area contributed by atoms with Crippen molar-refractivity contribution >= 4 is 5.91 Å². The zero-order chi connectivity index (χ0) is 13.5. The molecule has 18 heavy (non-hydrogen) atoms. The predicted molar refractivity (Wildman–Crippen MR) is 62.0 cm³/mol. The highest BCUT2D eigenvalue weighted by Gasteiger charge is 2.46. The Labute approximate surface area is 104 Å². The third kappa shape index (κ3) is 2.10. The number of benzene rings is 1. The number of hydrogen-bond donors (Lipinski definition) is 1. The Morgan fingerprint density at radius 1 is 1.39 bits per heavy atom. The van der Waals surface area contributed by atoms with Crippen LogP contribution < -0.4 is 0 Å². The maximum Gasteiger partial charge on any atom is 0.257 e. The van der Waals surface area contributed by atoms with Crippen molar-refractivity contribution < 1.29 is 18.7 Å². The molecule has 1 aromatic carbocycles. The molecule has 0 bridgehead atoms. The molecule has 1 aromatic rings. The van der Waals surface area contributed by atoms with Gasteiger partial charge < -0.3 is 10.0 Å². The number of rotatable bonds is 2. The molecule has 2 rings (SSSR count). The van der Waals surface area contributed by atoms with Gasteiger partial charge in [0.05, 0.1) is 18.7 Å². The third-order valence-corrected chi connectivity index (χ3v) is 3.45. The molecule has 1 heterocycles. The van der Waals surface area contributed by atoms with Gasteiger partial charge in [0.15, 0.2) is 0 Å². The van der Waals surface area contributed by atoms with Crippen molar-refractivity contribution in [3.05, 3.63) is 35.4 Å². The molecule has 0 atom stereocenters. The van der Waals surface area contributed by atoms with E-state index in [1.54, 1.807) is 0 Å². The van der Waals surface area contributed by atoms with E-state index in [1.165, 1.54) is 4.90 Å². The van der Waals surface area contributed by atoms with Gasteiger partial charge in [0.1, 0.15) is 17.2 Å². The average Bonchev–Trinajstić information content (AvgIpc) is 2.27. The minimum absolute atomic E-state index is 0.0129. The van der Waals surface area contributed by atoms with E-state index in [2.05, 4.69) is 0 Å². The van der Waals surface area contributed by atoms with Crippen molar-refractivity contribution in [1.29, 1.82) is 0 Å². The summed E-state index contributed by atoms with van der Waals surface area (Å²) in [7, 11) is 0. The summed E-state index contributed by atoms with van der Waals surface area (Å²) in [6.45, 7) is 4.01. The van der Waals surface area contributed by atoms with E-state index in [4.69, 9.17) is 0 Å². The molecule has 1 aliphatic heterocycles. The molecule has 0 radical (unpaired) electrons. The molecule has 1 fully saturated rings. The zero-order valence-corrected chi connectivity index (χ0v) is 10.3. The van der Waals surface area contributed by atoms with Gasteiger partial charge in [-0.2, -0.15) is 0 Å². The lowest BCUT2D eigenvalue weighted by Crippen LogP contribution is -2.66. The third-order valence-electron chi connectivity index (χ3n) is 3.45. The van der Waals surface area contributed by atoms with Crippen LogP contribution in [0, 0.1) is 17.6 Å². The minimum Gasteiger partial charge on any atom is -0.386 e. The van der Waals surface area contributed by atoms with Gasteiger partial charge in [-0.15, -0.1) is 0 Å². The maximum atomic E-state index is 13.4. The molecule has 1 N–H and O–H groups in total. The van der Waals surface area contributed by atoms with Gasteiger partial charge in [-0.05, 0) is 24.1 Å². The van der Waals surface area contributed by atoms with Crippen molar-refractivity contribution in [2.45, 2.75) is 19.4 Å². The molecule has 1 saturated heterocycles. The standard InChI is InChI=1S/C13H15F2NO2/c1-8(2)13(18)6-16(7-13)12(17)10-5-9(14)3-4-11(10)15/h3-5,8,18H,6-7H2,1-2H3. The largest absolute Gasteiger partial charge is 0.386 e. The second-order valence-corrected chi connectivity index (χ2v) is 5.04. The molecule has 5 heteroatoms. The first-order chi connectivity index (χ1) is 8.33. The Morgan fingerprint density at radius 2 is 2.00 bits per heavy atom. The van der Waals surface area contributed by atoms with Crippen molar-refractivity contribution in [2.75, 3.05) is 13.1 Å². The van der Waals surface area contributed by atoms with Crippen LogP contribution in [0.5, 0.6) is 0 Å². The molecular formula is C13H15F2NO2. The lowest BCUT2D eigenvalue weighted by Gasteiger charge is -2.49. The second kappa shape index (κ2) is 4.31. The lowest BCUT2D eigenvalue weighted by molar-refractivity contribution is -0.111. The number of hydrogen-bond acceptors (Lipinski definition) is 2. The molecule has 0 aliphatic carbocycles. The summed E-state index contributed by atoms with van der Waals surface area (Å²) in [6.07, 6.45) is 0. The predicted octanol–water partition coefficient (Wildman–Crippen LogP) is 1.81. The first-order valence-electron chi connectivity index (χ1n) is 5.80. The fraction of sp³-hybridized carbons (Fsp3) is 0.462. The monoisotopic (exact) mass is 255 g/mol. The molecule has 3 nitrogen and oxygen atoms in total. The smallest absolute Gasteiger partial charge is 0.257 e. The summed E-state index contributed by atoms with van der Waals surface area (Å²) >= 11 is 0. The van der Waals surface area contributed by atoms with Gasteiger partial charge in [-0.25, -0.2) is 8.78 Å². The maximum absolute atomic E-state index is 13.4. The first kappa shape index (κ1) is 13.0. The Kier molecular flexibility index (Phi) is 3.11. The summed E-state index contributed by atoms with van der Waals surface area (Å²) < 4.78 is 26.4. The fourth-order valence-corrected chi connectivity index (χ4v) is 1.96. The van der Waals surface area contributed by atoms with Crippen LogP contribution in [0.4, 0.5) is 8.78 Å². The highest BCUT2D eigenvalue weighted by Crippen LogP contribution is 2.30. The van der Waals surface area contributed by atoms with Crippen LogP contribution in [0.25, 0.3) is 0 Å². The summed E-state index contributed by atoms with van der Waals surface area (Å²) in [5.74, 6) is -1.97. The zero-order valence-electron chi connectivity index (χ0n) is 10.3. The number of halogens is 2. The van der Waals surface area contributed by atoms with Crippen molar-refractivity contribution in [2.24, 2.45) is 5.92 Å². The highest BCUT2D eigenvalue weighted by molar-refractivity contribution is 5.95. The van der Waals surface area contributed by atoms with Gasteiger partial charge in [0.2, 0.25) is 0 Å². The van der Waals surface area contributed by atoms with Crippen LogP contribution in [0.2, 0.25) is 0 Å². The molecule has 1 aliphatic rings. The fourth-order valence-electron chi connectivity index (χ4n) is 1.96. The number of carbonyl (C=O) groups is 1. The Hall–Kier alpha value is -1.49. The Balaban J connectivity index is 2.13. The molecule has 0 unspecified atom stereocenters. The first-order valence-corrected chi connectivity index (χ1v) is 5.80. The number of β-amino-alcohol motifs (C(OH)–C–C–N with tert-alkyl or cyclic N) is 1. The molecule has 0 aromatic heterocycles. The van der Waals surface area contributed by atoms with Crippen LogP contribution in [0.3, 0.4) is 0 Å². The van der Waals surface area contributed by atoms with Crippen molar-refractivity contribution in [3.63, 3.8) is 0 Å². The minimum atomic E-state index is -0.917. The van der Waals surface area contributed by atoms with E-state index in [0.717, 1.165) is 18.2 Å². The number of likely N-dealkylation sites (tertiary alicyclic amines) is 1. The van der Waals surface area contributed by atoms with Crippen molar-refractivity contribution in [3.8, 4) is 0 Å². The van der Waals surface area contributed by atoms with Crippen molar-refractivity contribution in [1.82, 2.24) is 4.90 Å². The molecule has 98 valence electrons. The SMILES string of the molecule is CC(C)C1(O)CN(C(=O)c2cc(F)ccc2F)C1. The lowest BCUT2D eigenvalue weighted by atomic mass is 9.82.